The summed E-state index contributed by atoms with van der Waals surface area (Å²) in [6.45, 7) is 0. The van der Waals surface area contributed by atoms with E-state index in [0.717, 1.165) is 12.1 Å². The largest absolute Gasteiger partial charge is 2.00 e. The Hall–Kier alpha value is -0.340. The van der Waals surface area contributed by atoms with Gasteiger partial charge in [0.15, 0.2) is 0 Å². The van der Waals surface area contributed by atoms with E-state index < -0.39 is 32.3 Å². The van der Waals surface area contributed by atoms with E-state index >= 15 is 0 Å². The maximum absolute atomic E-state index is 10.6. The van der Waals surface area contributed by atoms with Crippen LogP contribution in [0.25, 0.3) is 0 Å². The van der Waals surface area contributed by atoms with Crippen molar-refractivity contribution in [1.29, 1.82) is 0 Å². The molecule has 0 bridgehead atoms. The van der Waals surface area contributed by atoms with Gasteiger partial charge in [0.2, 0.25) is 0 Å². The molecule has 6 nitrogen and oxygen atoms in total. The van der Waals surface area contributed by atoms with Crippen molar-refractivity contribution in [2.45, 2.75) is 4.90 Å². The molecule has 0 saturated carbocycles. The summed E-state index contributed by atoms with van der Waals surface area (Å²) < 4.78 is 29.8. The molecule has 0 unspecified atom stereocenters. The van der Waals surface area contributed by atoms with Gasteiger partial charge >= 0.3 is 43.7 Å². The minimum Gasteiger partial charge on any atom is -1.00 e. The summed E-state index contributed by atoms with van der Waals surface area (Å²) in [5, 5.41) is 17.5. The van der Waals surface area contributed by atoms with Gasteiger partial charge in [-0.05, 0) is 18.2 Å². The molecule has 1 rings (SSSR count). The third-order valence-corrected chi connectivity index (χ3v) is 2.35. The number of carboxylic acid groups (broad SMARTS) is 1. The molecule has 0 radical (unpaired) electrons. The first-order chi connectivity index (χ1) is 6.32. The van der Waals surface area contributed by atoms with Gasteiger partial charge in [0, 0.05) is 0 Å². The zero-order valence-corrected chi connectivity index (χ0v) is 10.4. The second kappa shape index (κ2) is 5.13. The number of aromatic hydroxyl groups is 1. The Labute approximate surface area is 118 Å². The molecule has 80 valence electrons. The number of phenols is 1. The summed E-state index contributed by atoms with van der Waals surface area (Å²) in [4.78, 5) is 9.89. The number of benzene rings is 1. The van der Waals surface area contributed by atoms with Crippen LogP contribution in [0.2, 0.25) is 0 Å². The Morgan fingerprint density at radius 2 is 1.87 bits per heavy atom. The van der Waals surface area contributed by atoms with Gasteiger partial charge in [-0.15, -0.1) is 0 Å². The summed E-state index contributed by atoms with van der Waals surface area (Å²) in [5.41, 5.74) is -0.583. The average molecular weight is 260 g/mol. The first-order valence-corrected chi connectivity index (χ1v) is 4.80. The number of hydrogen-bond donors (Lipinski definition) is 3. The monoisotopic (exact) mass is 260 g/mol. The van der Waals surface area contributed by atoms with Gasteiger partial charge in [-0.1, -0.05) is 0 Å². The number of carboxylic acids is 1. The fourth-order valence-electron chi connectivity index (χ4n) is 0.847. The zero-order chi connectivity index (χ0) is 10.9. The van der Waals surface area contributed by atoms with Gasteiger partial charge in [-0.25, -0.2) is 4.79 Å². The maximum Gasteiger partial charge on any atom is 2.00 e. The Morgan fingerprint density at radius 1 is 1.33 bits per heavy atom. The molecule has 1 aromatic carbocycles. The van der Waals surface area contributed by atoms with E-state index in [9.17, 15) is 13.2 Å². The van der Waals surface area contributed by atoms with Crippen molar-refractivity contribution < 1.29 is 30.8 Å². The van der Waals surface area contributed by atoms with Gasteiger partial charge in [0.1, 0.15) is 11.3 Å². The first kappa shape index (κ1) is 14.7. The summed E-state index contributed by atoms with van der Waals surface area (Å²) >= 11 is 0. The second-order valence-corrected chi connectivity index (χ2v) is 3.88. The zero-order valence-electron chi connectivity index (χ0n) is 9.41. The second-order valence-electron chi connectivity index (χ2n) is 2.46. The number of carbonyl (C=O) groups is 1. The van der Waals surface area contributed by atoms with Crippen LogP contribution in [0.4, 0.5) is 0 Å². The molecule has 0 aromatic heterocycles. The van der Waals surface area contributed by atoms with Crippen molar-refractivity contribution in [3.05, 3.63) is 23.8 Å². The van der Waals surface area contributed by atoms with Crippen LogP contribution >= 0.6 is 0 Å². The van der Waals surface area contributed by atoms with Crippen LogP contribution in [0.5, 0.6) is 5.75 Å². The normalized spacial score (nSPS) is 10.5. The van der Waals surface area contributed by atoms with Crippen LogP contribution < -0.4 is 0 Å². The molecule has 1 aromatic rings. The molecule has 0 saturated heterocycles. The van der Waals surface area contributed by atoms with Crippen LogP contribution in [-0.4, -0.2) is 66.9 Å². The molecule has 0 amide bonds. The molecule has 0 fully saturated rings. The van der Waals surface area contributed by atoms with Crippen LogP contribution in [0.3, 0.4) is 0 Å². The van der Waals surface area contributed by atoms with E-state index in [2.05, 4.69) is 0 Å². The van der Waals surface area contributed by atoms with Crippen LogP contribution in [0.15, 0.2) is 23.1 Å². The molecule has 0 aliphatic heterocycles. The predicted molar refractivity (Wildman–Crippen MR) is 52.9 cm³/mol. The smallest absolute Gasteiger partial charge is 1.00 e. The molecular weight excluding hydrogens is 252 g/mol. The van der Waals surface area contributed by atoms with E-state index in [-0.39, 0.29) is 40.6 Å². The van der Waals surface area contributed by atoms with Gasteiger partial charge in [-0.3, -0.25) is 4.55 Å². The van der Waals surface area contributed by atoms with E-state index in [1.165, 1.54) is 0 Å². The maximum atomic E-state index is 10.6. The molecule has 0 aliphatic rings. The predicted octanol–water partition coefficient (Wildman–Crippen LogP) is 0.181. The van der Waals surface area contributed by atoms with Crippen molar-refractivity contribution in [2.75, 3.05) is 0 Å². The van der Waals surface area contributed by atoms with Gasteiger partial charge < -0.3 is 13.1 Å². The Bertz CT molecular complexity index is 489. The molecular formula is C7H8CaO6S. The fourth-order valence-corrected chi connectivity index (χ4v) is 1.35. The SMILES string of the molecule is O=C(O)c1cc(S(=O)(=O)O)ccc1O.[Ca+2].[H-].[H-]. The fraction of sp³-hybridized carbons (Fsp3) is 0. The van der Waals surface area contributed by atoms with Crippen molar-refractivity contribution in [1.82, 2.24) is 0 Å². The average Bonchev–Trinajstić information content (AvgIpc) is 2.02. The van der Waals surface area contributed by atoms with Crippen molar-refractivity contribution in [3.8, 4) is 5.75 Å². The minimum absolute atomic E-state index is 0. The molecule has 8 heteroatoms. The molecule has 0 atom stereocenters. The first-order valence-electron chi connectivity index (χ1n) is 3.36. The molecule has 0 aliphatic carbocycles. The number of rotatable bonds is 2. The standard InChI is InChI=1S/C7H6O6S.Ca.2H/c8-6-2-1-4(14(11,12)13)3-5(6)7(9)10;;;/h1-3,8H,(H,9,10)(H,11,12,13);;;/q;+2;2*-1. The summed E-state index contributed by atoms with van der Waals surface area (Å²) in [5.74, 6) is -2.04. The quantitative estimate of drug-likeness (QED) is 0.516. The number of hydrogen-bond acceptors (Lipinski definition) is 4. The third kappa shape index (κ3) is 3.62. The third-order valence-electron chi connectivity index (χ3n) is 1.50. The van der Waals surface area contributed by atoms with Crippen molar-refractivity contribution >= 4 is 53.8 Å². The van der Waals surface area contributed by atoms with Crippen LogP contribution in [0.1, 0.15) is 13.2 Å². The van der Waals surface area contributed by atoms with Crippen molar-refractivity contribution in [3.63, 3.8) is 0 Å². The van der Waals surface area contributed by atoms with Gasteiger partial charge in [0.25, 0.3) is 10.1 Å². The Balaban J connectivity index is -0.000000653. The number of aromatic carboxylic acids is 1. The van der Waals surface area contributed by atoms with Gasteiger partial charge in [-0.2, -0.15) is 8.42 Å². The molecule has 0 spiro atoms. The molecule has 15 heavy (non-hydrogen) atoms. The molecule has 0 heterocycles. The van der Waals surface area contributed by atoms with Crippen LogP contribution in [-0.2, 0) is 10.1 Å². The van der Waals surface area contributed by atoms with E-state index in [1.54, 1.807) is 0 Å². The Kier molecular flexibility index (Phi) is 5.01. The summed E-state index contributed by atoms with van der Waals surface area (Å²) in [7, 11) is -4.45. The van der Waals surface area contributed by atoms with Crippen molar-refractivity contribution in [2.24, 2.45) is 0 Å². The molecule has 3 N–H and O–H groups in total. The van der Waals surface area contributed by atoms with E-state index in [4.69, 9.17) is 14.8 Å². The Morgan fingerprint density at radius 3 is 2.27 bits per heavy atom. The summed E-state index contributed by atoms with van der Waals surface area (Å²) in [6, 6.07) is 2.46. The summed E-state index contributed by atoms with van der Waals surface area (Å²) in [6.07, 6.45) is 0. The topological polar surface area (TPSA) is 112 Å². The van der Waals surface area contributed by atoms with Gasteiger partial charge in [0.05, 0.1) is 4.90 Å². The minimum atomic E-state index is -4.45. The van der Waals surface area contributed by atoms with E-state index in [0.29, 0.717) is 6.07 Å². The van der Waals surface area contributed by atoms with Crippen LogP contribution in [0, 0.1) is 0 Å². The van der Waals surface area contributed by atoms with E-state index in [1.807, 2.05) is 0 Å².